The van der Waals surface area contributed by atoms with E-state index in [1.807, 2.05) is 25.1 Å². The summed E-state index contributed by atoms with van der Waals surface area (Å²) in [6.45, 7) is 1.93. The molecule has 0 aromatic heterocycles. The van der Waals surface area contributed by atoms with E-state index in [4.69, 9.17) is 16.3 Å². The van der Waals surface area contributed by atoms with Crippen LogP contribution in [0.2, 0.25) is 0 Å². The monoisotopic (exact) mass is 305 g/mol. The van der Waals surface area contributed by atoms with E-state index in [9.17, 15) is 4.79 Å². The molecule has 0 N–H and O–H groups in total. The zero-order valence-corrected chi connectivity index (χ0v) is 11.5. The third-order valence-corrected chi connectivity index (χ3v) is 2.96. The molecule has 0 saturated carbocycles. The molecule has 0 aliphatic rings. The topological polar surface area (TPSA) is 29.5 Å². The Hall–Kier alpha value is -0.740. The number of anilines is 1. The molecule has 0 heterocycles. The fourth-order valence-corrected chi connectivity index (χ4v) is 2.14. The first-order valence-corrected chi connectivity index (χ1v) is 6.37. The van der Waals surface area contributed by atoms with Crippen molar-refractivity contribution in [3.8, 4) is 5.75 Å². The number of methoxy groups -OCH3 is 1. The minimum Gasteiger partial charge on any atom is -0.495 e. The van der Waals surface area contributed by atoms with Crippen LogP contribution in [0.15, 0.2) is 18.2 Å². The number of aryl methyl sites for hydroxylation is 1. The van der Waals surface area contributed by atoms with Crippen LogP contribution in [0.3, 0.4) is 0 Å². The van der Waals surface area contributed by atoms with E-state index in [0.29, 0.717) is 11.2 Å². The molecule has 0 radical (unpaired) electrons. The molecule has 0 fully saturated rings. The zero-order chi connectivity index (χ0) is 12.1. The van der Waals surface area contributed by atoms with Crippen LogP contribution in [0.25, 0.3) is 0 Å². The molecule has 0 bridgehead atoms. The van der Waals surface area contributed by atoms with Crippen molar-refractivity contribution in [2.24, 2.45) is 0 Å². The number of benzene rings is 1. The number of ether oxygens (including phenoxy) is 1. The van der Waals surface area contributed by atoms with Gasteiger partial charge in [0.2, 0.25) is 5.91 Å². The lowest BCUT2D eigenvalue weighted by Crippen LogP contribution is -2.31. The summed E-state index contributed by atoms with van der Waals surface area (Å²) < 4.78 is 5.25. The van der Waals surface area contributed by atoms with Crippen molar-refractivity contribution in [2.45, 2.75) is 6.92 Å². The second kappa shape index (κ2) is 6.11. The average molecular weight is 307 g/mol. The Morgan fingerprint density at radius 3 is 2.75 bits per heavy atom. The Kier molecular flexibility index (Phi) is 5.09. The van der Waals surface area contributed by atoms with E-state index in [1.165, 1.54) is 0 Å². The summed E-state index contributed by atoms with van der Waals surface area (Å²) in [7, 11) is 1.58. The first-order valence-electron chi connectivity index (χ1n) is 4.71. The molecule has 5 heteroatoms. The number of amides is 1. The van der Waals surface area contributed by atoms with E-state index < -0.39 is 0 Å². The Balaban J connectivity index is 3.22. The maximum Gasteiger partial charge on any atom is 0.242 e. The van der Waals surface area contributed by atoms with Crippen molar-refractivity contribution in [2.75, 3.05) is 23.3 Å². The van der Waals surface area contributed by atoms with E-state index in [0.717, 1.165) is 11.3 Å². The summed E-state index contributed by atoms with van der Waals surface area (Å²) in [5, 5.41) is 0. The quantitative estimate of drug-likeness (QED) is 0.632. The third kappa shape index (κ3) is 2.68. The summed E-state index contributed by atoms with van der Waals surface area (Å²) in [5.41, 5.74) is 2.12. The molecule has 0 atom stereocenters. The molecule has 1 amide bonds. The van der Waals surface area contributed by atoms with Gasteiger partial charge < -0.3 is 4.74 Å². The second-order valence-electron chi connectivity index (χ2n) is 3.20. The average Bonchev–Trinajstić information content (AvgIpc) is 2.31. The molecular formula is C11H13BrClNO2. The summed E-state index contributed by atoms with van der Waals surface area (Å²) >= 11 is 8.85. The number of carbonyl (C=O) groups is 1. The molecule has 0 aliphatic carbocycles. The van der Waals surface area contributed by atoms with Crippen LogP contribution in [0.1, 0.15) is 5.56 Å². The van der Waals surface area contributed by atoms with E-state index in [-0.39, 0.29) is 11.8 Å². The van der Waals surface area contributed by atoms with E-state index in [1.54, 1.807) is 12.0 Å². The van der Waals surface area contributed by atoms with Crippen LogP contribution in [0.4, 0.5) is 5.69 Å². The molecule has 88 valence electrons. The largest absolute Gasteiger partial charge is 0.495 e. The lowest BCUT2D eigenvalue weighted by molar-refractivity contribution is -0.116. The number of alkyl halides is 2. The Morgan fingerprint density at radius 1 is 1.56 bits per heavy atom. The van der Waals surface area contributed by atoms with Gasteiger partial charge in [-0.3, -0.25) is 9.69 Å². The van der Waals surface area contributed by atoms with Crippen molar-refractivity contribution in [3.63, 3.8) is 0 Å². The highest BCUT2D eigenvalue weighted by Crippen LogP contribution is 2.32. The van der Waals surface area contributed by atoms with Crippen molar-refractivity contribution in [3.05, 3.63) is 23.8 Å². The Bertz CT molecular complexity index is 384. The normalized spacial score (nSPS) is 10.0. The minimum atomic E-state index is -0.161. The van der Waals surface area contributed by atoms with Crippen molar-refractivity contribution < 1.29 is 9.53 Å². The molecule has 3 nitrogen and oxygen atoms in total. The number of hydrogen-bond donors (Lipinski definition) is 0. The van der Waals surface area contributed by atoms with Crippen LogP contribution in [-0.2, 0) is 4.79 Å². The van der Waals surface area contributed by atoms with Crippen LogP contribution in [0.5, 0.6) is 5.75 Å². The van der Waals surface area contributed by atoms with Crippen molar-refractivity contribution >= 4 is 39.1 Å². The number of carbonyl (C=O) groups excluding carboxylic acids is 1. The van der Waals surface area contributed by atoms with Gasteiger partial charge in [0.1, 0.15) is 11.6 Å². The maximum absolute atomic E-state index is 11.7. The highest BCUT2D eigenvalue weighted by Gasteiger charge is 2.19. The van der Waals surface area contributed by atoms with Gasteiger partial charge in [-0.05, 0) is 18.6 Å². The summed E-state index contributed by atoms with van der Waals surface area (Å²) in [5.74, 6) is 0.451. The van der Waals surface area contributed by atoms with Crippen molar-refractivity contribution in [1.82, 2.24) is 0 Å². The van der Waals surface area contributed by atoms with Crippen LogP contribution in [0, 0.1) is 6.92 Å². The van der Waals surface area contributed by atoms with Gasteiger partial charge >= 0.3 is 0 Å². The van der Waals surface area contributed by atoms with Crippen LogP contribution >= 0.6 is 27.5 Å². The molecule has 16 heavy (non-hydrogen) atoms. The molecule has 1 rings (SSSR count). The van der Waals surface area contributed by atoms with Gasteiger partial charge in [0, 0.05) is 0 Å². The molecule has 0 unspecified atom stereocenters. The molecular weight excluding hydrogens is 293 g/mol. The highest BCUT2D eigenvalue weighted by atomic mass is 79.9. The van der Waals surface area contributed by atoms with Gasteiger partial charge in [-0.15, -0.1) is 11.6 Å². The Morgan fingerprint density at radius 2 is 2.25 bits per heavy atom. The third-order valence-electron chi connectivity index (χ3n) is 2.23. The summed E-state index contributed by atoms with van der Waals surface area (Å²) in [6, 6.07) is 5.63. The predicted molar refractivity (Wildman–Crippen MR) is 69.7 cm³/mol. The van der Waals surface area contributed by atoms with E-state index >= 15 is 0 Å². The number of para-hydroxylation sites is 1. The van der Waals surface area contributed by atoms with Gasteiger partial charge in [0.25, 0.3) is 0 Å². The molecule has 0 aliphatic heterocycles. The van der Waals surface area contributed by atoms with Crippen molar-refractivity contribution in [1.29, 1.82) is 0 Å². The van der Waals surface area contributed by atoms with Gasteiger partial charge in [0.15, 0.2) is 0 Å². The first kappa shape index (κ1) is 13.3. The summed E-state index contributed by atoms with van der Waals surface area (Å²) in [6.07, 6.45) is 0. The first-order chi connectivity index (χ1) is 7.65. The number of nitrogens with zero attached hydrogens (tertiary/aromatic N) is 1. The zero-order valence-electron chi connectivity index (χ0n) is 9.17. The fourth-order valence-electron chi connectivity index (χ4n) is 1.47. The lowest BCUT2D eigenvalue weighted by atomic mass is 10.1. The van der Waals surface area contributed by atoms with Gasteiger partial charge in [-0.25, -0.2) is 0 Å². The second-order valence-corrected chi connectivity index (χ2v) is 3.97. The maximum atomic E-state index is 11.7. The van der Waals surface area contributed by atoms with E-state index in [2.05, 4.69) is 15.9 Å². The molecule has 0 spiro atoms. The SMILES string of the molecule is COc1cccc(C)c1N(CBr)C(=O)CCl. The lowest BCUT2D eigenvalue weighted by Gasteiger charge is -2.23. The molecule has 0 saturated heterocycles. The van der Waals surface area contributed by atoms with Gasteiger partial charge in [-0.2, -0.15) is 0 Å². The molecule has 1 aromatic carbocycles. The van der Waals surface area contributed by atoms with Crippen LogP contribution < -0.4 is 9.64 Å². The number of hydrogen-bond acceptors (Lipinski definition) is 2. The van der Waals surface area contributed by atoms with Crippen LogP contribution in [-0.4, -0.2) is 24.4 Å². The highest BCUT2D eigenvalue weighted by molar-refractivity contribution is 9.09. The molecule has 1 aromatic rings. The van der Waals surface area contributed by atoms with Gasteiger partial charge in [0.05, 0.1) is 18.3 Å². The fraction of sp³-hybridized carbons (Fsp3) is 0.364. The minimum absolute atomic E-state index is 0.0525. The summed E-state index contributed by atoms with van der Waals surface area (Å²) in [4.78, 5) is 13.2. The Labute approximate surface area is 108 Å². The van der Waals surface area contributed by atoms with Gasteiger partial charge in [-0.1, -0.05) is 28.1 Å². The smallest absolute Gasteiger partial charge is 0.242 e. The predicted octanol–water partition coefficient (Wildman–Crippen LogP) is 2.93. The number of rotatable bonds is 4. The standard InChI is InChI=1S/C11H13BrClNO2/c1-8-4-3-5-9(16-2)11(8)14(7-12)10(15)6-13/h3-5H,6-7H2,1-2H3. The number of halogens is 2.